The second-order valence-electron chi connectivity index (χ2n) is 5.39. The van der Waals surface area contributed by atoms with Gasteiger partial charge in [0.2, 0.25) is 5.91 Å². The van der Waals surface area contributed by atoms with Crippen LogP contribution in [-0.2, 0) is 4.79 Å². The summed E-state index contributed by atoms with van der Waals surface area (Å²) in [5.41, 5.74) is -0.617. The molecule has 17 heavy (non-hydrogen) atoms. The number of terminal acetylenes is 1. The van der Waals surface area contributed by atoms with Gasteiger partial charge in [-0.05, 0) is 18.8 Å². The third-order valence-corrected chi connectivity index (χ3v) is 4.98. The van der Waals surface area contributed by atoms with E-state index in [0.29, 0.717) is 5.92 Å². The van der Waals surface area contributed by atoms with Crippen molar-refractivity contribution in [3.63, 3.8) is 0 Å². The number of aliphatic hydroxyl groups excluding tert-OH is 1. The Bertz CT molecular complexity index is 436. The third-order valence-electron chi connectivity index (χ3n) is 4.98. The predicted molar refractivity (Wildman–Crippen MR) is 63.8 cm³/mol. The largest absolute Gasteiger partial charge is 0.396 e. The fourth-order valence-corrected chi connectivity index (χ4v) is 4.41. The molecule has 0 aromatic heterocycles. The molecular formula is C14H17NO2. The van der Waals surface area contributed by atoms with Gasteiger partial charge in [0.05, 0.1) is 0 Å². The number of nitrogens with zero attached hydrogens (tertiary/aromatic N) is 1. The van der Waals surface area contributed by atoms with Gasteiger partial charge in [0.1, 0.15) is 5.41 Å². The van der Waals surface area contributed by atoms with Crippen LogP contribution in [0.4, 0.5) is 0 Å². The number of aliphatic hydroxyl groups is 1. The first-order chi connectivity index (χ1) is 8.18. The van der Waals surface area contributed by atoms with E-state index in [1.807, 2.05) is 11.9 Å². The monoisotopic (exact) mass is 231 g/mol. The molecule has 3 rings (SSSR count). The summed E-state index contributed by atoms with van der Waals surface area (Å²) < 4.78 is 0. The Morgan fingerprint density at radius 2 is 2.47 bits per heavy atom. The van der Waals surface area contributed by atoms with E-state index in [1.54, 1.807) is 0 Å². The zero-order valence-electron chi connectivity index (χ0n) is 9.97. The molecule has 1 amide bonds. The number of allylic oxidation sites excluding steroid dienone is 2. The summed E-state index contributed by atoms with van der Waals surface area (Å²) in [5.74, 6) is 3.63. The molecule has 3 heteroatoms. The van der Waals surface area contributed by atoms with E-state index in [4.69, 9.17) is 6.42 Å². The van der Waals surface area contributed by atoms with Crippen molar-refractivity contribution < 1.29 is 9.90 Å². The molecule has 4 bridgehead atoms. The molecule has 0 spiro atoms. The lowest BCUT2D eigenvalue weighted by atomic mass is 9.67. The minimum Gasteiger partial charge on any atom is -0.396 e. The molecule has 3 nitrogen and oxygen atoms in total. The van der Waals surface area contributed by atoms with Crippen molar-refractivity contribution in [1.29, 1.82) is 0 Å². The molecular weight excluding hydrogens is 214 g/mol. The van der Waals surface area contributed by atoms with E-state index < -0.39 is 5.41 Å². The van der Waals surface area contributed by atoms with Gasteiger partial charge in [0, 0.05) is 31.5 Å². The van der Waals surface area contributed by atoms with Gasteiger partial charge in [0.25, 0.3) is 0 Å². The highest BCUT2D eigenvalue weighted by Crippen LogP contribution is 2.63. The molecule has 0 aromatic rings. The van der Waals surface area contributed by atoms with E-state index in [-0.39, 0.29) is 30.4 Å². The highest BCUT2D eigenvalue weighted by molar-refractivity contribution is 5.91. The average Bonchev–Trinajstić information content (AvgIpc) is 2.61. The topological polar surface area (TPSA) is 40.5 Å². The van der Waals surface area contributed by atoms with Crippen molar-refractivity contribution in [1.82, 2.24) is 4.90 Å². The molecule has 2 aliphatic carbocycles. The molecule has 1 saturated heterocycles. The molecule has 0 unspecified atom stereocenters. The molecule has 0 aromatic carbocycles. The second kappa shape index (κ2) is 3.36. The summed E-state index contributed by atoms with van der Waals surface area (Å²) in [4.78, 5) is 14.2. The zero-order valence-corrected chi connectivity index (χ0v) is 9.97. The lowest BCUT2D eigenvalue weighted by Crippen LogP contribution is -2.48. The summed E-state index contributed by atoms with van der Waals surface area (Å²) >= 11 is 0. The lowest BCUT2D eigenvalue weighted by molar-refractivity contribution is -0.139. The summed E-state index contributed by atoms with van der Waals surface area (Å²) in [7, 11) is 1.85. The first kappa shape index (κ1) is 10.9. The van der Waals surface area contributed by atoms with Gasteiger partial charge in [-0.25, -0.2) is 0 Å². The van der Waals surface area contributed by atoms with Gasteiger partial charge in [-0.3, -0.25) is 4.79 Å². The molecule has 5 atom stereocenters. The van der Waals surface area contributed by atoms with Crippen molar-refractivity contribution in [3.05, 3.63) is 12.2 Å². The Morgan fingerprint density at radius 1 is 1.71 bits per heavy atom. The van der Waals surface area contributed by atoms with Crippen LogP contribution < -0.4 is 0 Å². The maximum Gasteiger partial charge on any atom is 0.241 e. The smallest absolute Gasteiger partial charge is 0.241 e. The van der Waals surface area contributed by atoms with Gasteiger partial charge < -0.3 is 10.0 Å². The van der Waals surface area contributed by atoms with E-state index in [2.05, 4.69) is 18.1 Å². The molecule has 2 fully saturated rings. The maximum absolute atomic E-state index is 12.4. The summed E-state index contributed by atoms with van der Waals surface area (Å²) in [6, 6.07) is 0.214. The first-order valence-corrected chi connectivity index (χ1v) is 6.21. The number of piperidine rings is 1. The van der Waals surface area contributed by atoms with Crippen LogP contribution in [0.1, 0.15) is 12.8 Å². The summed E-state index contributed by atoms with van der Waals surface area (Å²) in [6.07, 6.45) is 11.6. The quantitative estimate of drug-likeness (QED) is 0.560. The molecule has 90 valence electrons. The molecule has 1 heterocycles. The van der Waals surface area contributed by atoms with Gasteiger partial charge in [-0.1, -0.05) is 18.1 Å². The van der Waals surface area contributed by atoms with Gasteiger partial charge in [-0.15, -0.1) is 6.42 Å². The van der Waals surface area contributed by atoms with Crippen LogP contribution in [0.5, 0.6) is 0 Å². The second-order valence-corrected chi connectivity index (χ2v) is 5.39. The normalized spacial score (nSPS) is 46.4. The lowest BCUT2D eigenvalue weighted by Gasteiger charge is -2.38. The maximum atomic E-state index is 12.4. The Morgan fingerprint density at radius 3 is 3.06 bits per heavy atom. The number of carbonyl (C=O) groups excluding carboxylic acids is 1. The predicted octanol–water partition coefficient (Wildman–Crippen LogP) is 0.651. The first-order valence-electron chi connectivity index (χ1n) is 6.21. The van der Waals surface area contributed by atoms with Gasteiger partial charge in [0.15, 0.2) is 0 Å². The molecule has 0 radical (unpaired) electrons. The van der Waals surface area contributed by atoms with E-state index in [0.717, 1.165) is 12.8 Å². The molecule has 1 aliphatic heterocycles. The third kappa shape index (κ3) is 1.01. The Labute approximate surface area is 101 Å². The average molecular weight is 231 g/mol. The van der Waals surface area contributed by atoms with Crippen LogP contribution in [-0.4, -0.2) is 35.6 Å². The van der Waals surface area contributed by atoms with Crippen LogP contribution in [0.25, 0.3) is 0 Å². The van der Waals surface area contributed by atoms with E-state index >= 15 is 0 Å². The fourth-order valence-electron chi connectivity index (χ4n) is 4.41. The summed E-state index contributed by atoms with van der Waals surface area (Å²) in [6.45, 7) is 0.168. The van der Waals surface area contributed by atoms with Crippen molar-refractivity contribution in [3.8, 4) is 12.3 Å². The minimum atomic E-state index is -0.617. The number of carbonyl (C=O) groups is 1. The number of hydrogen-bond donors (Lipinski definition) is 1. The fraction of sp³-hybridized carbons (Fsp3) is 0.643. The summed E-state index contributed by atoms with van der Waals surface area (Å²) in [5, 5.41) is 9.20. The van der Waals surface area contributed by atoms with Crippen molar-refractivity contribution in [2.24, 2.45) is 23.2 Å². The SMILES string of the molecule is C#C[C@@]12C(=O)N(C)[C@H]3[C@@H](CCO)[C@H]1C=CC[C@H]32. The standard InChI is InChI=1S/C14H17NO2/c1-3-14-10-5-4-6-11(14)12(9(10)7-8-16)15(2)13(14)17/h1,4-5,9-12,16H,6-8H2,2H3/t9-,10+,11+,12-,14+/m0/s1. The van der Waals surface area contributed by atoms with Crippen LogP contribution in [0, 0.1) is 35.5 Å². The number of rotatable bonds is 2. The minimum absolute atomic E-state index is 0.110. The van der Waals surface area contributed by atoms with Crippen molar-refractivity contribution in [2.45, 2.75) is 18.9 Å². The van der Waals surface area contributed by atoms with Crippen molar-refractivity contribution >= 4 is 5.91 Å². The number of hydrogen-bond acceptors (Lipinski definition) is 2. The number of likely N-dealkylation sites (tertiary alicyclic amines) is 1. The highest BCUT2D eigenvalue weighted by atomic mass is 16.3. The Kier molecular flexibility index (Phi) is 2.15. The van der Waals surface area contributed by atoms with Crippen LogP contribution in [0.3, 0.4) is 0 Å². The van der Waals surface area contributed by atoms with Crippen molar-refractivity contribution in [2.75, 3.05) is 13.7 Å². The molecule has 1 saturated carbocycles. The molecule has 3 aliphatic rings. The van der Waals surface area contributed by atoms with Crippen LogP contribution in [0.2, 0.25) is 0 Å². The number of amides is 1. The Balaban J connectivity index is 2.11. The van der Waals surface area contributed by atoms with Gasteiger partial charge >= 0.3 is 0 Å². The van der Waals surface area contributed by atoms with E-state index in [1.165, 1.54) is 0 Å². The molecule has 1 N–H and O–H groups in total. The van der Waals surface area contributed by atoms with E-state index in [9.17, 15) is 9.90 Å². The van der Waals surface area contributed by atoms with Crippen LogP contribution >= 0.6 is 0 Å². The zero-order chi connectivity index (χ0) is 12.2. The van der Waals surface area contributed by atoms with Crippen LogP contribution in [0.15, 0.2) is 12.2 Å². The Hall–Kier alpha value is -1.27. The highest BCUT2D eigenvalue weighted by Gasteiger charge is 2.70. The van der Waals surface area contributed by atoms with Gasteiger partial charge in [-0.2, -0.15) is 0 Å².